The first kappa shape index (κ1) is 11.0. The number of rotatable bonds is 2. The molecule has 1 saturated heterocycles. The Labute approximate surface area is 82.0 Å². The van der Waals surface area contributed by atoms with Gasteiger partial charge in [-0.25, -0.2) is 4.79 Å². The van der Waals surface area contributed by atoms with Crippen LogP contribution in [0.4, 0.5) is 0 Å². The van der Waals surface area contributed by atoms with Gasteiger partial charge < -0.3 is 14.6 Å². The van der Waals surface area contributed by atoms with E-state index in [4.69, 9.17) is 9.47 Å². The van der Waals surface area contributed by atoms with Gasteiger partial charge >= 0.3 is 11.9 Å². The number of hydrogen-bond donors (Lipinski definition) is 1. The maximum atomic E-state index is 11.5. The summed E-state index contributed by atoms with van der Waals surface area (Å²) in [5, 5.41) is 9.51. The van der Waals surface area contributed by atoms with Gasteiger partial charge in [-0.2, -0.15) is 0 Å². The SMILES string of the molecule is CCOC(=O)[C@]1(C)[C@H](C)OC(=O)[C@@H]1O. The van der Waals surface area contributed by atoms with Crippen LogP contribution in [0.2, 0.25) is 0 Å². The van der Waals surface area contributed by atoms with Crippen molar-refractivity contribution in [3.05, 3.63) is 0 Å². The minimum absolute atomic E-state index is 0.210. The second-order valence-electron chi connectivity index (χ2n) is 3.48. The van der Waals surface area contributed by atoms with Crippen LogP contribution in [0.3, 0.4) is 0 Å². The lowest BCUT2D eigenvalue weighted by Gasteiger charge is -2.25. The van der Waals surface area contributed by atoms with Crippen molar-refractivity contribution in [2.24, 2.45) is 5.41 Å². The maximum absolute atomic E-state index is 11.5. The van der Waals surface area contributed by atoms with E-state index in [1.165, 1.54) is 6.92 Å². The molecule has 5 nitrogen and oxygen atoms in total. The Balaban J connectivity index is 2.91. The Morgan fingerprint density at radius 3 is 2.64 bits per heavy atom. The minimum atomic E-state index is -1.43. The smallest absolute Gasteiger partial charge is 0.336 e. The molecule has 0 radical (unpaired) electrons. The van der Waals surface area contributed by atoms with Gasteiger partial charge in [0.15, 0.2) is 6.10 Å². The van der Waals surface area contributed by atoms with Crippen molar-refractivity contribution in [2.75, 3.05) is 6.61 Å². The predicted molar refractivity (Wildman–Crippen MR) is 46.3 cm³/mol. The quantitative estimate of drug-likeness (QED) is 0.631. The molecule has 0 bridgehead atoms. The van der Waals surface area contributed by atoms with E-state index in [0.717, 1.165) is 0 Å². The Hall–Kier alpha value is -1.10. The van der Waals surface area contributed by atoms with Gasteiger partial charge in [-0.15, -0.1) is 0 Å². The van der Waals surface area contributed by atoms with Gasteiger partial charge in [-0.1, -0.05) is 0 Å². The lowest BCUT2D eigenvalue weighted by Crippen LogP contribution is -2.44. The van der Waals surface area contributed by atoms with Crippen LogP contribution >= 0.6 is 0 Å². The zero-order chi connectivity index (χ0) is 10.9. The van der Waals surface area contributed by atoms with Crippen LogP contribution in [0.1, 0.15) is 20.8 Å². The maximum Gasteiger partial charge on any atom is 0.336 e. The molecule has 0 spiro atoms. The van der Waals surface area contributed by atoms with E-state index < -0.39 is 29.6 Å². The van der Waals surface area contributed by atoms with E-state index in [1.807, 2.05) is 0 Å². The Morgan fingerprint density at radius 1 is 1.71 bits per heavy atom. The molecule has 1 fully saturated rings. The average molecular weight is 202 g/mol. The summed E-state index contributed by atoms with van der Waals surface area (Å²) in [6, 6.07) is 0. The molecule has 1 rings (SSSR count). The summed E-state index contributed by atoms with van der Waals surface area (Å²) in [5.41, 5.74) is -1.28. The number of ether oxygens (including phenoxy) is 2. The third-order valence-electron chi connectivity index (χ3n) is 2.64. The molecule has 0 aromatic carbocycles. The van der Waals surface area contributed by atoms with Crippen molar-refractivity contribution in [1.82, 2.24) is 0 Å². The lowest BCUT2D eigenvalue weighted by atomic mass is 9.81. The van der Waals surface area contributed by atoms with Gasteiger partial charge in [-0.05, 0) is 20.8 Å². The fraction of sp³-hybridized carbons (Fsp3) is 0.778. The molecule has 0 aromatic heterocycles. The molecule has 5 heteroatoms. The van der Waals surface area contributed by atoms with E-state index in [1.54, 1.807) is 13.8 Å². The van der Waals surface area contributed by atoms with Crippen LogP contribution < -0.4 is 0 Å². The largest absolute Gasteiger partial charge is 0.465 e. The number of aliphatic hydroxyl groups is 1. The highest BCUT2D eigenvalue weighted by Crippen LogP contribution is 2.36. The van der Waals surface area contributed by atoms with Gasteiger partial charge in [0.25, 0.3) is 0 Å². The first-order valence-corrected chi connectivity index (χ1v) is 4.50. The molecule has 3 atom stereocenters. The number of cyclic esters (lactones) is 1. The van der Waals surface area contributed by atoms with Gasteiger partial charge in [-0.3, -0.25) is 4.79 Å². The zero-order valence-corrected chi connectivity index (χ0v) is 8.44. The fourth-order valence-electron chi connectivity index (χ4n) is 1.39. The highest BCUT2D eigenvalue weighted by molar-refractivity contribution is 5.90. The van der Waals surface area contributed by atoms with Crippen molar-refractivity contribution in [3.63, 3.8) is 0 Å². The number of carbonyl (C=O) groups is 2. The van der Waals surface area contributed by atoms with Gasteiger partial charge in [0.1, 0.15) is 11.5 Å². The average Bonchev–Trinajstić information content (AvgIpc) is 2.32. The standard InChI is InChI=1S/C9H14O5/c1-4-13-8(12)9(3)5(2)14-7(11)6(9)10/h5-6,10H,4H2,1-3H3/t5-,6-,9+/m0/s1. The minimum Gasteiger partial charge on any atom is -0.465 e. The summed E-state index contributed by atoms with van der Waals surface area (Å²) in [6.07, 6.45) is -2.10. The van der Waals surface area contributed by atoms with E-state index in [9.17, 15) is 14.7 Å². The van der Waals surface area contributed by atoms with E-state index in [-0.39, 0.29) is 6.61 Å². The third-order valence-corrected chi connectivity index (χ3v) is 2.64. The number of carbonyl (C=O) groups excluding carboxylic acids is 2. The van der Waals surface area contributed by atoms with Crippen LogP contribution in [0, 0.1) is 5.41 Å². The summed E-state index contributed by atoms with van der Waals surface area (Å²) >= 11 is 0. The van der Waals surface area contributed by atoms with Crippen molar-refractivity contribution in [2.45, 2.75) is 33.0 Å². The Kier molecular flexibility index (Phi) is 2.80. The Morgan fingerprint density at radius 2 is 2.29 bits per heavy atom. The van der Waals surface area contributed by atoms with Crippen LogP contribution in [-0.2, 0) is 19.1 Å². The van der Waals surface area contributed by atoms with E-state index in [0.29, 0.717) is 0 Å². The van der Waals surface area contributed by atoms with Gasteiger partial charge in [0.05, 0.1) is 6.61 Å². The monoisotopic (exact) mass is 202 g/mol. The molecule has 0 aromatic rings. The van der Waals surface area contributed by atoms with Gasteiger partial charge in [0, 0.05) is 0 Å². The summed E-state index contributed by atoms with van der Waals surface area (Å²) < 4.78 is 9.55. The third kappa shape index (κ3) is 1.37. The molecule has 14 heavy (non-hydrogen) atoms. The van der Waals surface area contributed by atoms with Crippen molar-refractivity contribution < 1.29 is 24.2 Å². The predicted octanol–water partition coefficient (Wildman–Crippen LogP) is -0.138. The van der Waals surface area contributed by atoms with E-state index in [2.05, 4.69) is 0 Å². The molecule has 1 heterocycles. The molecule has 1 aliphatic rings. The topological polar surface area (TPSA) is 72.8 Å². The highest BCUT2D eigenvalue weighted by Gasteiger charge is 2.57. The second-order valence-corrected chi connectivity index (χ2v) is 3.48. The first-order chi connectivity index (χ1) is 6.44. The first-order valence-electron chi connectivity index (χ1n) is 4.50. The molecule has 0 saturated carbocycles. The molecule has 80 valence electrons. The van der Waals surface area contributed by atoms with Crippen LogP contribution in [0.5, 0.6) is 0 Å². The second kappa shape index (κ2) is 3.57. The fourth-order valence-corrected chi connectivity index (χ4v) is 1.39. The zero-order valence-electron chi connectivity index (χ0n) is 8.44. The van der Waals surface area contributed by atoms with Crippen LogP contribution in [0.25, 0.3) is 0 Å². The molecule has 0 amide bonds. The molecular weight excluding hydrogens is 188 g/mol. The molecule has 0 aliphatic carbocycles. The molecular formula is C9H14O5. The van der Waals surface area contributed by atoms with Crippen molar-refractivity contribution in [3.8, 4) is 0 Å². The molecule has 1 N–H and O–H groups in total. The summed E-state index contributed by atoms with van der Waals surface area (Å²) in [5.74, 6) is -1.38. The van der Waals surface area contributed by atoms with Crippen LogP contribution in [0.15, 0.2) is 0 Å². The summed E-state index contributed by atoms with van der Waals surface area (Å²) in [6.45, 7) is 4.90. The van der Waals surface area contributed by atoms with Crippen molar-refractivity contribution in [1.29, 1.82) is 0 Å². The van der Waals surface area contributed by atoms with E-state index >= 15 is 0 Å². The number of aliphatic hydroxyl groups excluding tert-OH is 1. The highest BCUT2D eigenvalue weighted by atomic mass is 16.6. The number of hydrogen-bond acceptors (Lipinski definition) is 5. The normalized spacial score (nSPS) is 36.7. The Bertz CT molecular complexity index is 262. The van der Waals surface area contributed by atoms with Gasteiger partial charge in [0.2, 0.25) is 0 Å². The summed E-state index contributed by atoms with van der Waals surface area (Å²) in [7, 11) is 0. The van der Waals surface area contributed by atoms with Crippen molar-refractivity contribution >= 4 is 11.9 Å². The summed E-state index contributed by atoms with van der Waals surface area (Å²) in [4.78, 5) is 22.5. The lowest BCUT2D eigenvalue weighted by molar-refractivity contribution is -0.162. The number of esters is 2. The molecule has 1 aliphatic heterocycles. The van der Waals surface area contributed by atoms with Crippen LogP contribution in [-0.4, -0.2) is 35.9 Å². The molecule has 0 unspecified atom stereocenters.